The molecule has 1 aromatic heterocycles. The van der Waals surface area contributed by atoms with E-state index in [0.717, 1.165) is 25.3 Å². The van der Waals surface area contributed by atoms with Crippen molar-refractivity contribution in [2.75, 3.05) is 18.1 Å². The fraction of sp³-hybridized carbons (Fsp3) is 0.667. The number of rotatable bonds is 3. The Labute approximate surface area is 115 Å². The molecule has 2 heterocycles. The van der Waals surface area contributed by atoms with Crippen LogP contribution >= 0.6 is 0 Å². The number of pyridine rings is 1. The average molecular weight is 261 g/mol. The van der Waals surface area contributed by atoms with Gasteiger partial charge in [-0.05, 0) is 37.8 Å². The maximum absolute atomic E-state index is 6.01. The summed E-state index contributed by atoms with van der Waals surface area (Å²) in [7, 11) is 0. The molecule has 1 aliphatic heterocycles. The summed E-state index contributed by atoms with van der Waals surface area (Å²) in [5.74, 6) is 0. The summed E-state index contributed by atoms with van der Waals surface area (Å²) in [6.45, 7) is 3.89. The number of nitrogens with zero attached hydrogens (tertiary/aromatic N) is 2. The summed E-state index contributed by atoms with van der Waals surface area (Å²) in [6.07, 6.45) is 7.04. The van der Waals surface area contributed by atoms with Gasteiger partial charge in [-0.3, -0.25) is 4.98 Å². The molecule has 4 nitrogen and oxygen atoms in total. The lowest BCUT2D eigenvalue weighted by atomic mass is 10.1. The normalized spacial score (nSPS) is 28.2. The Balaban J connectivity index is 1.77. The summed E-state index contributed by atoms with van der Waals surface area (Å²) >= 11 is 0. The van der Waals surface area contributed by atoms with Gasteiger partial charge in [0, 0.05) is 12.6 Å². The number of anilines is 1. The van der Waals surface area contributed by atoms with Crippen molar-refractivity contribution in [3.8, 4) is 0 Å². The Bertz CT molecular complexity index is 420. The average Bonchev–Trinajstić information content (AvgIpc) is 2.95. The molecule has 2 N–H and O–H groups in total. The molecule has 1 aliphatic carbocycles. The number of ether oxygens (including phenoxy) is 1. The summed E-state index contributed by atoms with van der Waals surface area (Å²) in [4.78, 5) is 7.00. The maximum Gasteiger partial charge on any atom is 0.0779 e. The predicted octanol–water partition coefficient (Wildman–Crippen LogP) is 2.25. The fourth-order valence-electron chi connectivity index (χ4n) is 3.24. The van der Waals surface area contributed by atoms with Crippen LogP contribution in [0, 0.1) is 0 Å². The third-order valence-electron chi connectivity index (χ3n) is 4.40. The number of hydrogen-bond donors (Lipinski definition) is 1. The Morgan fingerprint density at radius 3 is 3.11 bits per heavy atom. The van der Waals surface area contributed by atoms with Crippen molar-refractivity contribution in [1.82, 2.24) is 4.98 Å². The van der Waals surface area contributed by atoms with E-state index in [1.807, 2.05) is 6.20 Å². The van der Waals surface area contributed by atoms with E-state index < -0.39 is 0 Å². The van der Waals surface area contributed by atoms with Crippen LogP contribution in [0.15, 0.2) is 18.3 Å². The molecule has 1 saturated carbocycles. The number of aromatic nitrogens is 1. The summed E-state index contributed by atoms with van der Waals surface area (Å²) < 4.78 is 5.85. The van der Waals surface area contributed by atoms with Crippen molar-refractivity contribution in [1.29, 1.82) is 0 Å². The zero-order chi connectivity index (χ0) is 13.2. The first-order valence-electron chi connectivity index (χ1n) is 7.39. The molecule has 2 unspecified atom stereocenters. The molecule has 0 amide bonds. The van der Waals surface area contributed by atoms with Crippen molar-refractivity contribution in [2.24, 2.45) is 5.73 Å². The molecule has 1 saturated heterocycles. The largest absolute Gasteiger partial charge is 0.374 e. The molecule has 0 radical (unpaired) electrons. The van der Waals surface area contributed by atoms with Crippen LogP contribution in [0.5, 0.6) is 0 Å². The Morgan fingerprint density at radius 1 is 1.47 bits per heavy atom. The lowest BCUT2D eigenvalue weighted by Gasteiger charge is -2.39. The van der Waals surface area contributed by atoms with E-state index in [1.54, 1.807) is 0 Å². The van der Waals surface area contributed by atoms with Gasteiger partial charge in [0.25, 0.3) is 0 Å². The Kier molecular flexibility index (Phi) is 3.71. The second-order valence-electron chi connectivity index (χ2n) is 5.56. The van der Waals surface area contributed by atoms with Crippen LogP contribution in [0.1, 0.15) is 44.3 Å². The smallest absolute Gasteiger partial charge is 0.0779 e. The zero-order valence-corrected chi connectivity index (χ0v) is 11.6. The van der Waals surface area contributed by atoms with E-state index in [1.165, 1.54) is 24.9 Å². The van der Waals surface area contributed by atoms with Crippen molar-refractivity contribution >= 4 is 5.69 Å². The fourth-order valence-corrected chi connectivity index (χ4v) is 3.24. The molecule has 104 valence electrons. The van der Waals surface area contributed by atoms with Crippen LogP contribution in [0.2, 0.25) is 0 Å². The first-order chi connectivity index (χ1) is 9.29. The van der Waals surface area contributed by atoms with Crippen LogP contribution in [0.3, 0.4) is 0 Å². The highest BCUT2D eigenvalue weighted by atomic mass is 16.5. The van der Waals surface area contributed by atoms with Gasteiger partial charge in [0.1, 0.15) is 0 Å². The van der Waals surface area contributed by atoms with Crippen LogP contribution < -0.4 is 10.6 Å². The SMILES string of the molecule is CC[C@@H](N)c1ccc(N2CCOC3CCCC32)cn1. The van der Waals surface area contributed by atoms with Crippen molar-refractivity contribution in [3.63, 3.8) is 0 Å². The van der Waals surface area contributed by atoms with Crippen LogP contribution in [-0.2, 0) is 4.74 Å². The topological polar surface area (TPSA) is 51.4 Å². The predicted molar refractivity (Wildman–Crippen MR) is 76.2 cm³/mol. The minimum absolute atomic E-state index is 0.0537. The second kappa shape index (κ2) is 5.47. The number of nitrogens with two attached hydrogens (primary N) is 1. The van der Waals surface area contributed by atoms with Gasteiger partial charge in [-0.15, -0.1) is 0 Å². The van der Waals surface area contributed by atoms with Gasteiger partial charge in [-0.25, -0.2) is 0 Å². The number of fused-ring (bicyclic) bond motifs is 1. The molecular weight excluding hydrogens is 238 g/mol. The molecule has 2 fully saturated rings. The van der Waals surface area contributed by atoms with E-state index in [2.05, 4.69) is 28.9 Å². The van der Waals surface area contributed by atoms with Gasteiger partial charge in [0.15, 0.2) is 0 Å². The third kappa shape index (κ3) is 2.47. The second-order valence-corrected chi connectivity index (χ2v) is 5.56. The minimum Gasteiger partial charge on any atom is -0.374 e. The zero-order valence-electron chi connectivity index (χ0n) is 11.6. The van der Waals surface area contributed by atoms with E-state index in [9.17, 15) is 0 Å². The van der Waals surface area contributed by atoms with Gasteiger partial charge in [0.2, 0.25) is 0 Å². The van der Waals surface area contributed by atoms with Crippen molar-refractivity contribution in [3.05, 3.63) is 24.0 Å². The minimum atomic E-state index is 0.0537. The van der Waals surface area contributed by atoms with Gasteiger partial charge >= 0.3 is 0 Å². The third-order valence-corrected chi connectivity index (χ3v) is 4.40. The van der Waals surface area contributed by atoms with E-state index >= 15 is 0 Å². The molecule has 0 spiro atoms. The first-order valence-corrected chi connectivity index (χ1v) is 7.39. The van der Waals surface area contributed by atoms with Crippen LogP contribution in [0.25, 0.3) is 0 Å². The highest BCUT2D eigenvalue weighted by Crippen LogP contribution is 2.33. The van der Waals surface area contributed by atoms with E-state index in [0.29, 0.717) is 12.1 Å². The maximum atomic E-state index is 6.01. The molecule has 19 heavy (non-hydrogen) atoms. The number of morpholine rings is 1. The van der Waals surface area contributed by atoms with E-state index in [-0.39, 0.29) is 6.04 Å². The van der Waals surface area contributed by atoms with Gasteiger partial charge < -0.3 is 15.4 Å². The standard InChI is InChI=1S/C15H23N3O/c1-2-12(16)13-7-6-11(10-17-13)18-8-9-19-15-5-3-4-14(15)18/h6-7,10,12,14-15H,2-5,8-9,16H2,1H3/t12-,14?,15?/m1/s1. The quantitative estimate of drug-likeness (QED) is 0.906. The Hall–Kier alpha value is -1.13. The molecular formula is C15H23N3O. The lowest BCUT2D eigenvalue weighted by Crippen LogP contribution is -2.48. The highest BCUT2D eigenvalue weighted by Gasteiger charge is 2.36. The molecule has 3 atom stereocenters. The van der Waals surface area contributed by atoms with Crippen LogP contribution in [-0.4, -0.2) is 30.3 Å². The Morgan fingerprint density at radius 2 is 2.37 bits per heavy atom. The highest BCUT2D eigenvalue weighted by molar-refractivity contribution is 5.47. The summed E-state index contributed by atoms with van der Waals surface area (Å²) in [5, 5.41) is 0. The molecule has 2 aliphatic rings. The number of hydrogen-bond acceptors (Lipinski definition) is 4. The monoisotopic (exact) mass is 261 g/mol. The lowest BCUT2D eigenvalue weighted by molar-refractivity contribution is 0.0256. The van der Waals surface area contributed by atoms with Crippen LogP contribution in [0.4, 0.5) is 5.69 Å². The molecule has 0 bridgehead atoms. The van der Waals surface area contributed by atoms with E-state index in [4.69, 9.17) is 10.5 Å². The molecule has 0 aromatic carbocycles. The van der Waals surface area contributed by atoms with Gasteiger partial charge in [0.05, 0.1) is 36.3 Å². The van der Waals surface area contributed by atoms with Gasteiger partial charge in [-0.2, -0.15) is 0 Å². The molecule has 4 heteroatoms. The summed E-state index contributed by atoms with van der Waals surface area (Å²) in [6, 6.07) is 4.83. The molecule has 1 aromatic rings. The molecule has 3 rings (SSSR count). The first kappa shape index (κ1) is 12.9. The van der Waals surface area contributed by atoms with Crippen molar-refractivity contribution < 1.29 is 4.74 Å². The summed E-state index contributed by atoms with van der Waals surface area (Å²) in [5.41, 5.74) is 8.22. The van der Waals surface area contributed by atoms with Gasteiger partial charge in [-0.1, -0.05) is 6.92 Å². The van der Waals surface area contributed by atoms with Crippen molar-refractivity contribution in [2.45, 2.75) is 50.8 Å².